The number of benzene rings is 1. The number of nitrogens with zero attached hydrogens (tertiary/aromatic N) is 5. The predicted molar refractivity (Wildman–Crippen MR) is 148 cm³/mol. The molecule has 5 rings (SSSR count). The molecule has 9 nitrogen and oxygen atoms in total. The molecule has 1 atom stereocenters. The number of carbonyl (C=O) groups is 2. The molecule has 12 heteroatoms. The van der Waals surface area contributed by atoms with Gasteiger partial charge in [-0.1, -0.05) is 6.07 Å². The standard InChI is InChI=1S/C29H33F3N6O3/c1-18-17-37(21-10-8-20(9-11-21)29(30,31)32)26(39)25-22(16-33-38(18)25)19-12-14-36(15-13-19)24-7-5-6-23(34-24)35-27(40)41-28(2,3)4/h5-11,16,18-19H,12-15,17H2,1-4H3,(H,34,35,40). The summed E-state index contributed by atoms with van der Waals surface area (Å²) in [5, 5.41) is 7.19. The van der Waals surface area contributed by atoms with Gasteiger partial charge in [-0.05, 0) is 82.9 Å². The lowest BCUT2D eigenvalue weighted by Gasteiger charge is -2.35. The second-order valence-electron chi connectivity index (χ2n) is 11.5. The molecule has 1 saturated heterocycles. The second kappa shape index (κ2) is 10.7. The fourth-order valence-electron chi connectivity index (χ4n) is 5.33. The molecule has 0 bridgehead atoms. The number of aromatic nitrogens is 3. The van der Waals surface area contributed by atoms with E-state index in [1.807, 2.05) is 19.1 Å². The van der Waals surface area contributed by atoms with Gasteiger partial charge in [-0.3, -0.25) is 14.8 Å². The zero-order valence-electron chi connectivity index (χ0n) is 23.4. The Bertz CT molecular complexity index is 1420. The first kappa shape index (κ1) is 28.4. The van der Waals surface area contributed by atoms with Gasteiger partial charge in [0, 0.05) is 30.9 Å². The molecule has 1 unspecified atom stereocenters. The van der Waals surface area contributed by atoms with Crippen LogP contribution in [0.4, 0.5) is 35.3 Å². The third kappa shape index (κ3) is 6.15. The average Bonchev–Trinajstić information content (AvgIpc) is 3.36. The minimum atomic E-state index is -4.44. The van der Waals surface area contributed by atoms with Gasteiger partial charge in [0.1, 0.15) is 22.9 Å². The van der Waals surface area contributed by atoms with Crippen molar-refractivity contribution in [2.75, 3.05) is 34.8 Å². The quantitative estimate of drug-likeness (QED) is 0.399. The molecule has 1 N–H and O–H groups in total. The Kier molecular flexibility index (Phi) is 7.43. The fraction of sp³-hybridized carbons (Fsp3) is 0.448. The van der Waals surface area contributed by atoms with Gasteiger partial charge in [0.15, 0.2) is 0 Å². The number of nitrogens with one attached hydrogen (secondary N) is 1. The van der Waals surface area contributed by atoms with Crippen molar-refractivity contribution in [3.05, 3.63) is 65.5 Å². The number of carbonyl (C=O) groups excluding carboxylic acids is 2. The SMILES string of the molecule is CC1CN(c2ccc(C(F)(F)F)cc2)C(=O)c2c(C3CCN(c4cccc(NC(=O)OC(C)(C)C)n4)CC3)cnn21. The van der Waals surface area contributed by atoms with Crippen LogP contribution in [0.15, 0.2) is 48.7 Å². The summed E-state index contributed by atoms with van der Waals surface area (Å²) in [5.41, 5.74) is 0.395. The number of alkyl halides is 3. The lowest BCUT2D eigenvalue weighted by molar-refractivity contribution is -0.137. The molecule has 0 saturated carbocycles. The van der Waals surface area contributed by atoms with Gasteiger partial charge in [-0.2, -0.15) is 18.3 Å². The summed E-state index contributed by atoms with van der Waals surface area (Å²) in [5.74, 6) is 0.946. The van der Waals surface area contributed by atoms with Gasteiger partial charge in [-0.25, -0.2) is 9.78 Å². The highest BCUT2D eigenvalue weighted by Crippen LogP contribution is 2.37. The molecule has 0 aliphatic carbocycles. The van der Waals surface area contributed by atoms with Crippen LogP contribution in [0, 0.1) is 0 Å². The lowest BCUT2D eigenvalue weighted by Crippen LogP contribution is -2.43. The number of ether oxygens (including phenoxy) is 1. The van der Waals surface area contributed by atoms with Crippen LogP contribution >= 0.6 is 0 Å². The summed E-state index contributed by atoms with van der Waals surface area (Å²) in [6, 6.07) is 9.97. The monoisotopic (exact) mass is 570 g/mol. The van der Waals surface area contributed by atoms with E-state index in [4.69, 9.17) is 4.74 Å². The summed E-state index contributed by atoms with van der Waals surface area (Å²) >= 11 is 0. The van der Waals surface area contributed by atoms with Crippen LogP contribution in [0.3, 0.4) is 0 Å². The number of pyridine rings is 1. The van der Waals surface area contributed by atoms with Crippen molar-refractivity contribution in [1.29, 1.82) is 0 Å². The van der Waals surface area contributed by atoms with E-state index in [0.717, 1.165) is 36.4 Å². The molecule has 2 aliphatic heterocycles. The highest BCUT2D eigenvalue weighted by molar-refractivity contribution is 6.06. The van der Waals surface area contributed by atoms with Crippen molar-refractivity contribution in [2.45, 2.75) is 64.3 Å². The second-order valence-corrected chi connectivity index (χ2v) is 11.5. The van der Waals surface area contributed by atoms with Crippen molar-refractivity contribution in [3.63, 3.8) is 0 Å². The lowest BCUT2D eigenvalue weighted by atomic mass is 9.88. The third-order valence-electron chi connectivity index (χ3n) is 7.26. The molecule has 218 valence electrons. The number of hydrogen-bond acceptors (Lipinski definition) is 6. The van der Waals surface area contributed by atoms with E-state index >= 15 is 0 Å². The van der Waals surface area contributed by atoms with Gasteiger partial charge in [0.25, 0.3) is 5.91 Å². The summed E-state index contributed by atoms with van der Waals surface area (Å²) in [6.07, 6.45) is -1.75. The molecular formula is C29H33F3N6O3. The number of amides is 2. The Labute approximate surface area is 236 Å². The Balaban J connectivity index is 1.28. The Morgan fingerprint density at radius 1 is 1.05 bits per heavy atom. The minimum Gasteiger partial charge on any atom is -0.444 e. The van der Waals surface area contributed by atoms with Gasteiger partial charge in [0.05, 0.1) is 17.8 Å². The average molecular weight is 571 g/mol. The van der Waals surface area contributed by atoms with Crippen LogP contribution in [0.2, 0.25) is 0 Å². The number of hydrogen-bond donors (Lipinski definition) is 1. The van der Waals surface area contributed by atoms with E-state index in [2.05, 4.69) is 20.3 Å². The smallest absolute Gasteiger partial charge is 0.416 e. The molecule has 41 heavy (non-hydrogen) atoms. The minimum absolute atomic E-state index is 0.0850. The number of piperidine rings is 1. The van der Waals surface area contributed by atoms with Gasteiger partial charge >= 0.3 is 12.3 Å². The Morgan fingerprint density at radius 3 is 2.37 bits per heavy atom. The zero-order valence-corrected chi connectivity index (χ0v) is 23.4. The van der Waals surface area contributed by atoms with Gasteiger partial charge in [-0.15, -0.1) is 0 Å². The first-order valence-corrected chi connectivity index (χ1v) is 13.6. The summed E-state index contributed by atoms with van der Waals surface area (Å²) < 4.78 is 46.2. The largest absolute Gasteiger partial charge is 0.444 e. The maximum Gasteiger partial charge on any atom is 0.416 e. The van der Waals surface area contributed by atoms with Gasteiger partial charge < -0.3 is 14.5 Å². The molecule has 0 spiro atoms. The van der Waals surface area contributed by atoms with Crippen LogP contribution in [0.5, 0.6) is 0 Å². The predicted octanol–water partition coefficient (Wildman–Crippen LogP) is 6.25. The molecule has 2 amide bonds. The summed E-state index contributed by atoms with van der Waals surface area (Å²) in [6.45, 7) is 9.00. The Morgan fingerprint density at radius 2 is 1.73 bits per heavy atom. The Hall–Kier alpha value is -4.09. The maximum atomic E-state index is 13.6. The molecule has 2 aliphatic rings. The highest BCUT2D eigenvalue weighted by atomic mass is 19.4. The molecule has 1 aromatic carbocycles. The molecular weight excluding hydrogens is 537 g/mol. The first-order chi connectivity index (χ1) is 19.3. The van der Waals surface area contributed by atoms with E-state index in [-0.39, 0.29) is 17.9 Å². The van der Waals surface area contributed by atoms with Crippen molar-refractivity contribution in [3.8, 4) is 0 Å². The third-order valence-corrected chi connectivity index (χ3v) is 7.26. The molecule has 0 radical (unpaired) electrons. The maximum absolute atomic E-state index is 13.6. The van der Waals surface area contributed by atoms with E-state index in [0.29, 0.717) is 36.8 Å². The van der Waals surface area contributed by atoms with Crippen LogP contribution < -0.4 is 15.1 Å². The summed E-state index contributed by atoms with van der Waals surface area (Å²) in [4.78, 5) is 34.0. The molecule has 2 aromatic heterocycles. The van der Waals surface area contributed by atoms with E-state index < -0.39 is 23.4 Å². The number of fused-ring (bicyclic) bond motifs is 1. The van der Waals surface area contributed by atoms with Crippen LogP contribution in [-0.4, -0.2) is 52.0 Å². The topological polar surface area (TPSA) is 92.6 Å². The van der Waals surface area contributed by atoms with Crippen LogP contribution in [0.25, 0.3) is 0 Å². The molecule has 3 aromatic rings. The number of halogens is 3. The zero-order chi connectivity index (χ0) is 29.5. The van der Waals surface area contributed by atoms with E-state index in [1.54, 1.807) is 37.7 Å². The highest BCUT2D eigenvalue weighted by Gasteiger charge is 2.37. The van der Waals surface area contributed by atoms with Crippen LogP contribution in [-0.2, 0) is 10.9 Å². The first-order valence-electron chi connectivity index (χ1n) is 13.6. The molecule has 4 heterocycles. The van der Waals surface area contributed by atoms with E-state index in [1.165, 1.54) is 17.0 Å². The van der Waals surface area contributed by atoms with Crippen molar-refractivity contribution in [2.24, 2.45) is 0 Å². The fourth-order valence-corrected chi connectivity index (χ4v) is 5.33. The van der Waals surface area contributed by atoms with Crippen molar-refractivity contribution in [1.82, 2.24) is 14.8 Å². The van der Waals surface area contributed by atoms with Crippen LogP contribution in [0.1, 0.15) is 74.1 Å². The molecule has 1 fully saturated rings. The summed E-state index contributed by atoms with van der Waals surface area (Å²) in [7, 11) is 0. The van der Waals surface area contributed by atoms with E-state index in [9.17, 15) is 22.8 Å². The van der Waals surface area contributed by atoms with Crippen molar-refractivity contribution < 1.29 is 27.5 Å². The number of anilines is 3. The normalized spacial score (nSPS) is 18.3. The van der Waals surface area contributed by atoms with Gasteiger partial charge in [0.2, 0.25) is 0 Å². The van der Waals surface area contributed by atoms with Crippen molar-refractivity contribution >= 4 is 29.3 Å². The number of rotatable bonds is 4.